The summed E-state index contributed by atoms with van der Waals surface area (Å²) in [6.07, 6.45) is 0.428. The third-order valence-electron chi connectivity index (χ3n) is 3.35. The second kappa shape index (κ2) is 5.26. The van der Waals surface area contributed by atoms with Crippen molar-refractivity contribution < 1.29 is 13.2 Å². The fourth-order valence-electron chi connectivity index (χ4n) is 2.22. The zero-order valence-corrected chi connectivity index (χ0v) is 12.9. The maximum Gasteiger partial charge on any atom is 0.319 e. The monoisotopic (exact) mass is 316 g/mol. The van der Waals surface area contributed by atoms with Crippen LogP contribution in [0.2, 0.25) is 5.02 Å². The van der Waals surface area contributed by atoms with Gasteiger partial charge < -0.3 is 10.6 Å². The number of sulfone groups is 1. The first-order valence-corrected chi connectivity index (χ1v) is 8.45. The molecule has 2 rings (SSSR count). The molecule has 0 aromatic heterocycles. The molecule has 2 N–H and O–H groups in total. The molecule has 1 fully saturated rings. The Hall–Kier alpha value is -1.27. The third kappa shape index (κ3) is 3.64. The molecule has 1 heterocycles. The maximum absolute atomic E-state index is 11.9. The lowest BCUT2D eigenvalue weighted by molar-refractivity contribution is 0.242. The van der Waals surface area contributed by atoms with Gasteiger partial charge in [0.1, 0.15) is 0 Å². The van der Waals surface area contributed by atoms with E-state index in [-0.39, 0.29) is 11.5 Å². The summed E-state index contributed by atoms with van der Waals surface area (Å²) in [5.74, 6) is 0.0855. The van der Waals surface area contributed by atoms with Gasteiger partial charge >= 0.3 is 6.03 Å². The Kier molecular flexibility index (Phi) is 3.97. The number of hydrogen-bond acceptors (Lipinski definition) is 3. The smallest absolute Gasteiger partial charge is 0.319 e. The number of halogens is 1. The van der Waals surface area contributed by atoms with Gasteiger partial charge in [0.2, 0.25) is 0 Å². The minimum absolute atomic E-state index is 0.0257. The minimum Gasteiger partial charge on any atom is -0.332 e. The summed E-state index contributed by atoms with van der Waals surface area (Å²) in [5, 5.41) is 5.95. The first-order valence-electron chi connectivity index (χ1n) is 6.25. The van der Waals surface area contributed by atoms with Gasteiger partial charge in [0.25, 0.3) is 0 Å². The molecule has 0 unspecified atom stereocenters. The molecule has 1 aliphatic heterocycles. The van der Waals surface area contributed by atoms with Crippen molar-refractivity contribution in [2.75, 3.05) is 16.8 Å². The second-order valence-electron chi connectivity index (χ2n) is 5.45. The van der Waals surface area contributed by atoms with Crippen molar-refractivity contribution in [2.45, 2.75) is 25.8 Å². The van der Waals surface area contributed by atoms with E-state index in [1.165, 1.54) is 0 Å². The lowest BCUT2D eigenvalue weighted by Crippen LogP contribution is -2.48. The number of rotatable bonds is 2. The first-order chi connectivity index (χ1) is 9.19. The molecule has 0 spiro atoms. The van der Waals surface area contributed by atoms with E-state index in [2.05, 4.69) is 10.6 Å². The highest BCUT2D eigenvalue weighted by Gasteiger charge is 2.39. The summed E-state index contributed by atoms with van der Waals surface area (Å²) < 4.78 is 23.0. The largest absolute Gasteiger partial charge is 0.332 e. The van der Waals surface area contributed by atoms with Crippen molar-refractivity contribution in [3.05, 3.63) is 28.8 Å². The number of carbonyl (C=O) groups excluding carboxylic acids is 1. The van der Waals surface area contributed by atoms with Crippen molar-refractivity contribution >= 4 is 33.2 Å². The zero-order chi connectivity index (χ0) is 15.0. The number of benzene rings is 1. The van der Waals surface area contributed by atoms with Gasteiger partial charge in [0.15, 0.2) is 9.84 Å². The average molecular weight is 317 g/mol. The van der Waals surface area contributed by atoms with Gasteiger partial charge in [-0.2, -0.15) is 0 Å². The van der Waals surface area contributed by atoms with Crippen LogP contribution in [-0.2, 0) is 9.84 Å². The van der Waals surface area contributed by atoms with Crippen molar-refractivity contribution in [1.82, 2.24) is 5.32 Å². The van der Waals surface area contributed by atoms with E-state index in [0.29, 0.717) is 17.1 Å². The van der Waals surface area contributed by atoms with Crippen LogP contribution in [0.15, 0.2) is 18.2 Å². The zero-order valence-electron chi connectivity index (χ0n) is 11.4. The van der Waals surface area contributed by atoms with Crippen LogP contribution in [-0.4, -0.2) is 31.5 Å². The van der Waals surface area contributed by atoms with Gasteiger partial charge in [-0.1, -0.05) is 17.7 Å². The van der Waals surface area contributed by atoms with E-state index in [9.17, 15) is 13.2 Å². The van der Waals surface area contributed by atoms with Crippen molar-refractivity contribution in [2.24, 2.45) is 0 Å². The molecule has 0 aliphatic carbocycles. The molecular weight excluding hydrogens is 300 g/mol. The standard InChI is InChI=1S/C13H17ClN2O3S/c1-9-3-4-10(7-11(9)14)15-12(17)16-13(2)5-6-20(18,19)8-13/h3-4,7H,5-6,8H2,1-2H3,(H2,15,16,17)/t13-/m0/s1. The molecule has 0 bridgehead atoms. The van der Waals surface area contributed by atoms with Crippen LogP contribution in [0, 0.1) is 6.92 Å². The molecular formula is C13H17ClN2O3S. The molecule has 0 saturated carbocycles. The number of nitrogens with one attached hydrogen (secondary N) is 2. The molecule has 7 heteroatoms. The molecule has 1 aromatic rings. The Morgan fingerprint density at radius 3 is 2.65 bits per heavy atom. The number of anilines is 1. The third-order valence-corrected chi connectivity index (χ3v) is 5.66. The van der Waals surface area contributed by atoms with Gasteiger partial charge in [-0.15, -0.1) is 0 Å². The molecule has 1 saturated heterocycles. The lowest BCUT2D eigenvalue weighted by atomic mass is 10.0. The highest BCUT2D eigenvalue weighted by molar-refractivity contribution is 7.91. The molecule has 1 aromatic carbocycles. The average Bonchev–Trinajstić information content (AvgIpc) is 2.57. The number of aryl methyl sites for hydroxylation is 1. The predicted octanol–water partition coefficient (Wildman–Crippen LogP) is 2.35. The summed E-state index contributed by atoms with van der Waals surface area (Å²) >= 11 is 5.98. The molecule has 5 nitrogen and oxygen atoms in total. The predicted molar refractivity (Wildman–Crippen MR) is 80.0 cm³/mol. The summed E-state index contributed by atoms with van der Waals surface area (Å²) in [6, 6.07) is 4.78. The van der Waals surface area contributed by atoms with Crippen LogP contribution >= 0.6 is 11.6 Å². The van der Waals surface area contributed by atoms with E-state index in [0.717, 1.165) is 5.56 Å². The number of amides is 2. The molecule has 110 valence electrons. The van der Waals surface area contributed by atoms with Crippen molar-refractivity contribution in [1.29, 1.82) is 0 Å². The Labute approximate surface area is 123 Å². The van der Waals surface area contributed by atoms with E-state index < -0.39 is 21.4 Å². The second-order valence-corrected chi connectivity index (χ2v) is 8.04. The Morgan fingerprint density at radius 2 is 2.10 bits per heavy atom. The van der Waals surface area contributed by atoms with E-state index in [1.54, 1.807) is 25.1 Å². The SMILES string of the molecule is Cc1ccc(NC(=O)N[C@@]2(C)CCS(=O)(=O)C2)cc1Cl. The molecule has 1 atom stereocenters. The quantitative estimate of drug-likeness (QED) is 0.879. The Bertz CT molecular complexity index is 645. The summed E-state index contributed by atoms with van der Waals surface area (Å²) in [4.78, 5) is 11.9. The number of carbonyl (C=O) groups is 1. The van der Waals surface area contributed by atoms with Gasteiger partial charge in [0, 0.05) is 10.7 Å². The first kappa shape index (κ1) is 15.1. The van der Waals surface area contributed by atoms with E-state index in [4.69, 9.17) is 11.6 Å². The lowest BCUT2D eigenvalue weighted by Gasteiger charge is -2.24. The highest BCUT2D eigenvalue weighted by Crippen LogP contribution is 2.23. The maximum atomic E-state index is 11.9. The van der Waals surface area contributed by atoms with Crippen molar-refractivity contribution in [3.8, 4) is 0 Å². The fraction of sp³-hybridized carbons (Fsp3) is 0.462. The van der Waals surface area contributed by atoms with Crippen molar-refractivity contribution in [3.63, 3.8) is 0 Å². The van der Waals surface area contributed by atoms with Crippen LogP contribution in [0.25, 0.3) is 0 Å². The fourth-order valence-corrected chi connectivity index (χ4v) is 4.49. The van der Waals surface area contributed by atoms with Crippen LogP contribution in [0.5, 0.6) is 0 Å². The summed E-state index contributed by atoms with van der Waals surface area (Å²) in [6.45, 7) is 3.61. The van der Waals surface area contributed by atoms with Crippen LogP contribution in [0.4, 0.5) is 10.5 Å². The van der Waals surface area contributed by atoms with Gasteiger partial charge in [0.05, 0.1) is 17.0 Å². The van der Waals surface area contributed by atoms with Gasteiger partial charge in [-0.25, -0.2) is 13.2 Å². The molecule has 0 radical (unpaired) electrons. The van der Waals surface area contributed by atoms with Crippen LogP contribution < -0.4 is 10.6 Å². The number of hydrogen-bond donors (Lipinski definition) is 2. The Balaban J connectivity index is 2.01. The van der Waals surface area contributed by atoms with Gasteiger partial charge in [-0.3, -0.25) is 0 Å². The van der Waals surface area contributed by atoms with E-state index >= 15 is 0 Å². The molecule has 1 aliphatic rings. The van der Waals surface area contributed by atoms with Crippen LogP contribution in [0.1, 0.15) is 18.9 Å². The van der Waals surface area contributed by atoms with E-state index in [1.807, 2.05) is 6.92 Å². The van der Waals surface area contributed by atoms with Crippen LogP contribution in [0.3, 0.4) is 0 Å². The highest BCUT2D eigenvalue weighted by atomic mass is 35.5. The number of urea groups is 1. The minimum atomic E-state index is -3.05. The Morgan fingerprint density at radius 1 is 1.40 bits per heavy atom. The summed E-state index contributed by atoms with van der Waals surface area (Å²) in [7, 11) is -3.05. The summed E-state index contributed by atoms with van der Waals surface area (Å²) in [5.41, 5.74) is 0.784. The normalized spacial score (nSPS) is 24.4. The molecule has 20 heavy (non-hydrogen) atoms. The molecule has 2 amide bonds. The topological polar surface area (TPSA) is 75.3 Å². The van der Waals surface area contributed by atoms with Gasteiger partial charge in [-0.05, 0) is 38.0 Å².